The van der Waals surface area contributed by atoms with Gasteiger partial charge < -0.3 is 14.3 Å². The zero-order chi connectivity index (χ0) is 15.5. The molecule has 0 unspecified atom stereocenters. The number of carbonyl (C=O) groups is 1. The van der Waals surface area contributed by atoms with Gasteiger partial charge in [0.15, 0.2) is 16.7 Å². The molecule has 6 nitrogen and oxygen atoms in total. The van der Waals surface area contributed by atoms with Crippen LogP contribution in [0, 0.1) is 0 Å². The van der Waals surface area contributed by atoms with E-state index in [4.69, 9.17) is 4.42 Å². The number of furan rings is 1. The highest BCUT2D eigenvalue weighted by Crippen LogP contribution is 2.26. The fourth-order valence-electron chi connectivity index (χ4n) is 2.64. The monoisotopic (exact) mass is 320 g/mol. The van der Waals surface area contributed by atoms with Crippen LogP contribution in [-0.2, 0) is 11.8 Å². The lowest BCUT2D eigenvalue weighted by Gasteiger charge is -2.15. The van der Waals surface area contributed by atoms with Gasteiger partial charge in [-0.05, 0) is 31.9 Å². The summed E-state index contributed by atoms with van der Waals surface area (Å²) >= 11 is 1.42. The SMILES string of the molecule is C[C@H](Sc1nnc(-c2ccco2)n1C)C(=O)NC1CCCC1. The molecule has 2 aromatic heterocycles. The van der Waals surface area contributed by atoms with Gasteiger partial charge in [0.25, 0.3) is 0 Å². The number of thioether (sulfide) groups is 1. The Kier molecular flexibility index (Phi) is 4.52. The van der Waals surface area contributed by atoms with Gasteiger partial charge in [-0.1, -0.05) is 24.6 Å². The fraction of sp³-hybridized carbons (Fsp3) is 0.533. The second-order valence-electron chi connectivity index (χ2n) is 5.59. The maximum absolute atomic E-state index is 12.2. The second-order valence-corrected chi connectivity index (χ2v) is 6.90. The Balaban J connectivity index is 1.64. The van der Waals surface area contributed by atoms with E-state index in [1.165, 1.54) is 24.6 Å². The number of hydrogen-bond acceptors (Lipinski definition) is 5. The summed E-state index contributed by atoms with van der Waals surface area (Å²) in [4.78, 5) is 12.2. The standard InChI is InChI=1S/C15H20N4O2S/c1-10(14(20)16-11-6-3-4-7-11)22-15-18-17-13(19(15)2)12-8-5-9-21-12/h5,8-11H,3-4,6-7H2,1-2H3,(H,16,20)/t10-/m0/s1. The zero-order valence-corrected chi connectivity index (χ0v) is 13.6. The third kappa shape index (κ3) is 3.19. The van der Waals surface area contributed by atoms with Gasteiger partial charge >= 0.3 is 0 Å². The molecule has 1 N–H and O–H groups in total. The van der Waals surface area contributed by atoms with E-state index >= 15 is 0 Å². The van der Waals surface area contributed by atoms with Gasteiger partial charge in [-0.25, -0.2) is 0 Å². The summed E-state index contributed by atoms with van der Waals surface area (Å²) in [5, 5.41) is 11.9. The number of aromatic nitrogens is 3. The Morgan fingerprint density at radius 2 is 2.23 bits per heavy atom. The predicted octanol–water partition coefficient (Wildman–Crippen LogP) is 2.61. The normalized spacial score (nSPS) is 16.8. The van der Waals surface area contributed by atoms with E-state index in [9.17, 15) is 4.79 Å². The van der Waals surface area contributed by atoms with Crippen LogP contribution in [0.2, 0.25) is 0 Å². The lowest BCUT2D eigenvalue weighted by atomic mass is 10.2. The summed E-state index contributed by atoms with van der Waals surface area (Å²) in [5.74, 6) is 1.40. The molecule has 1 atom stereocenters. The first-order valence-electron chi connectivity index (χ1n) is 7.55. The highest BCUT2D eigenvalue weighted by Gasteiger charge is 2.23. The largest absolute Gasteiger partial charge is 0.461 e. The molecular formula is C15H20N4O2S. The summed E-state index contributed by atoms with van der Waals surface area (Å²) in [6, 6.07) is 4.00. The van der Waals surface area contributed by atoms with E-state index in [1.807, 2.05) is 30.7 Å². The van der Waals surface area contributed by atoms with Crippen LogP contribution in [0.4, 0.5) is 0 Å². The number of amides is 1. The van der Waals surface area contributed by atoms with Crippen LogP contribution < -0.4 is 5.32 Å². The highest BCUT2D eigenvalue weighted by atomic mass is 32.2. The molecule has 3 rings (SSSR count). The Morgan fingerprint density at radius 3 is 2.91 bits per heavy atom. The molecule has 1 saturated carbocycles. The average molecular weight is 320 g/mol. The van der Waals surface area contributed by atoms with Crippen LogP contribution in [0.5, 0.6) is 0 Å². The van der Waals surface area contributed by atoms with Gasteiger partial charge in [-0.3, -0.25) is 4.79 Å². The fourth-order valence-corrected chi connectivity index (χ4v) is 3.46. The van der Waals surface area contributed by atoms with Crippen LogP contribution in [0.1, 0.15) is 32.6 Å². The molecule has 2 heterocycles. The van der Waals surface area contributed by atoms with Crippen molar-refractivity contribution in [1.82, 2.24) is 20.1 Å². The molecule has 22 heavy (non-hydrogen) atoms. The summed E-state index contributed by atoms with van der Waals surface area (Å²) in [6.07, 6.45) is 6.21. The zero-order valence-electron chi connectivity index (χ0n) is 12.8. The van der Waals surface area contributed by atoms with Crippen LogP contribution >= 0.6 is 11.8 Å². The lowest BCUT2D eigenvalue weighted by molar-refractivity contribution is -0.120. The van der Waals surface area contributed by atoms with Gasteiger partial charge in [0.05, 0.1) is 11.5 Å². The topological polar surface area (TPSA) is 73.0 Å². The minimum atomic E-state index is -0.201. The third-order valence-electron chi connectivity index (χ3n) is 3.93. The molecule has 1 aliphatic rings. The third-order valence-corrected chi connectivity index (χ3v) is 5.06. The summed E-state index contributed by atoms with van der Waals surface area (Å²) in [6.45, 7) is 1.90. The van der Waals surface area contributed by atoms with Gasteiger partial charge in [-0.2, -0.15) is 0 Å². The van der Waals surface area contributed by atoms with Crippen molar-refractivity contribution >= 4 is 17.7 Å². The maximum Gasteiger partial charge on any atom is 0.233 e. The van der Waals surface area contributed by atoms with E-state index in [2.05, 4.69) is 15.5 Å². The van der Waals surface area contributed by atoms with E-state index in [0.717, 1.165) is 12.8 Å². The summed E-state index contributed by atoms with van der Waals surface area (Å²) < 4.78 is 7.19. The van der Waals surface area contributed by atoms with Gasteiger partial charge in [0.1, 0.15) is 0 Å². The van der Waals surface area contributed by atoms with Crippen LogP contribution in [0.15, 0.2) is 28.0 Å². The first-order chi connectivity index (χ1) is 10.6. The van der Waals surface area contributed by atoms with Gasteiger partial charge in [0.2, 0.25) is 5.91 Å². The van der Waals surface area contributed by atoms with E-state index < -0.39 is 0 Å². The molecule has 0 aromatic carbocycles. The Bertz CT molecular complexity index is 632. The minimum Gasteiger partial charge on any atom is -0.461 e. The van der Waals surface area contributed by atoms with Crippen molar-refractivity contribution in [3.8, 4) is 11.6 Å². The second kappa shape index (κ2) is 6.56. The van der Waals surface area contributed by atoms with E-state index in [1.54, 1.807) is 6.26 Å². The predicted molar refractivity (Wildman–Crippen MR) is 84.4 cm³/mol. The summed E-state index contributed by atoms with van der Waals surface area (Å²) in [7, 11) is 1.88. The van der Waals surface area contributed by atoms with Crippen molar-refractivity contribution in [2.24, 2.45) is 7.05 Å². The molecule has 1 fully saturated rings. The number of nitrogens with zero attached hydrogens (tertiary/aromatic N) is 3. The molecule has 0 spiro atoms. The van der Waals surface area contributed by atoms with Crippen molar-refractivity contribution in [3.05, 3.63) is 18.4 Å². The van der Waals surface area contributed by atoms with Crippen LogP contribution in [0.25, 0.3) is 11.6 Å². The number of hydrogen-bond donors (Lipinski definition) is 1. The molecule has 0 aliphatic heterocycles. The number of carbonyl (C=O) groups excluding carboxylic acids is 1. The smallest absolute Gasteiger partial charge is 0.233 e. The number of nitrogens with one attached hydrogen (secondary N) is 1. The lowest BCUT2D eigenvalue weighted by Crippen LogP contribution is -2.37. The number of rotatable bonds is 5. The highest BCUT2D eigenvalue weighted by molar-refractivity contribution is 8.00. The van der Waals surface area contributed by atoms with Gasteiger partial charge in [-0.15, -0.1) is 10.2 Å². The Labute approximate surface area is 133 Å². The molecule has 0 radical (unpaired) electrons. The molecule has 0 bridgehead atoms. The summed E-state index contributed by atoms with van der Waals surface area (Å²) in [5.41, 5.74) is 0. The quantitative estimate of drug-likeness (QED) is 0.857. The molecular weight excluding hydrogens is 300 g/mol. The van der Waals surface area contributed by atoms with Crippen LogP contribution in [0.3, 0.4) is 0 Å². The van der Waals surface area contributed by atoms with Crippen molar-refractivity contribution in [3.63, 3.8) is 0 Å². The first kappa shape index (κ1) is 15.1. The molecule has 2 aromatic rings. The van der Waals surface area contributed by atoms with E-state index in [0.29, 0.717) is 22.8 Å². The Morgan fingerprint density at radius 1 is 1.45 bits per heavy atom. The maximum atomic E-state index is 12.2. The van der Waals surface area contributed by atoms with Gasteiger partial charge in [0, 0.05) is 13.1 Å². The molecule has 7 heteroatoms. The van der Waals surface area contributed by atoms with Crippen molar-refractivity contribution < 1.29 is 9.21 Å². The molecule has 1 amide bonds. The molecule has 118 valence electrons. The van der Waals surface area contributed by atoms with Crippen LogP contribution in [-0.4, -0.2) is 32.0 Å². The minimum absolute atomic E-state index is 0.0689. The molecule has 1 aliphatic carbocycles. The van der Waals surface area contributed by atoms with Crippen molar-refractivity contribution in [1.29, 1.82) is 0 Å². The first-order valence-corrected chi connectivity index (χ1v) is 8.43. The molecule has 0 saturated heterocycles. The average Bonchev–Trinajstić information content (AvgIpc) is 3.22. The van der Waals surface area contributed by atoms with Crippen molar-refractivity contribution in [2.75, 3.05) is 0 Å². The van der Waals surface area contributed by atoms with Crippen molar-refractivity contribution in [2.45, 2.75) is 49.1 Å². The van der Waals surface area contributed by atoms with E-state index in [-0.39, 0.29) is 11.2 Å². The Hall–Kier alpha value is -1.76.